The lowest BCUT2D eigenvalue weighted by Gasteiger charge is -2.19. The van der Waals surface area contributed by atoms with Crippen molar-refractivity contribution < 1.29 is 19.4 Å². The Hall–Kier alpha value is -2.40. The minimum atomic E-state index is -0.811. The summed E-state index contributed by atoms with van der Waals surface area (Å²) in [5, 5.41) is 9.14. The number of nitrogens with zero attached hydrogens (tertiary/aromatic N) is 1. The van der Waals surface area contributed by atoms with Crippen molar-refractivity contribution in [2.45, 2.75) is 38.9 Å². The molecule has 5 heteroatoms. The Kier molecular flexibility index (Phi) is 6.75. The van der Waals surface area contributed by atoms with Crippen molar-refractivity contribution in [1.29, 1.82) is 0 Å². The van der Waals surface area contributed by atoms with Crippen molar-refractivity contribution in [1.82, 2.24) is 4.98 Å². The van der Waals surface area contributed by atoms with E-state index in [1.807, 2.05) is 43.3 Å². The number of hydrogen-bond donors (Lipinski definition) is 1. The Morgan fingerprint density at radius 2 is 1.96 bits per heavy atom. The fourth-order valence-corrected chi connectivity index (χ4v) is 2.72. The molecule has 0 saturated carbocycles. The summed E-state index contributed by atoms with van der Waals surface area (Å²) in [7, 11) is 1.56. The Balaban J connectivity index is 2.18. The summed E-state index contributed by atoms with van der Waals surface area (Å²) < 4.78 is 11.2. The molecule has 0 saturated heterocycles. The van der Waals surface area contributed by atoms with Crippen molar-refractivity contribution >= 4 is 5.97 Å². The second kappa shape index (κ2) is 9.03. The summed E-state index contributed by atoms with van der Waals surface area (Å²) in [5.74, 6) is -0.409. The largest absolute Gasteiger partial charge is 0.481 e. The van der Waals surface area contributed by atoms with Gasteiger partial charge in [0.05, 0.1) is 26.7 Å². The zero-order valence-electron chi connectivity index (χ0n) is 14.1. The van der Waals surface area contributed by atoms with Crippen LogP contribution in [0.5, 0.6) is 5.88 Å². The van der Waals surface area contributed by atoms with Crippen molar-refractivity contribution in [3.8, 4) is 5.88 Å². The number of ether oxygens (including phenoxy) is 2. The van der Waals surface area contributed by atoms with Crippen LogP contribution in [0.2, 0.25) is 0 Å². The maximum Gasteiger partial charge on any atom is 0.303 e. The molecule has 128 valence electrons. The number of rotatable bonds is 9. The lowest BCUT2D eigenvalue weighted by Crippen LogP contribution is -2.10. The summed E-state index contributed by atoms with van der Waals surface area (Å²) in [5.41, 5.74) is 2.84. The number of carboxylic acid groups (broad SMARTS) is 1. The molecule has 2 rings (SSSR count). The van der Waals surface area contributed by atoms with Gasteiger partial charge in [0.15, 0.2) is 0 Å². The molecule has 0 aliphatic carbocycles. The number of pyridine rings is 1. The molecule has 1 aromatic carbocycles. The average Bonchev–Trinajstić information content (AvgIpc) is 2.60. The van der Waals surface area contributed by atoms with E-state index in [1.165, 1.54) is 0 Å². The van der Waals surface area contributed by atoms with Gasteiger partial charge in [0, 0.05) is 11.8 Å². The highest BCUT2D eigenvalue weighted by molar-refractivity contribution is 5.68. The molecule has 1 heterocycles. The first-order chi connectivity index (χ1) is 11.7. The monoisotopic (exact) mass is 329 g/mol. The van der Waals surface area contributed by atoms with Crippen molar-refractivity contribution in [2.75, 3.05) is 7.11 Å². The van der Waals surface area contributed by atoms with Crippen LogP contribution < -0.4 is 4.74 Å². The van der Waals surface area contributed by atoms with Crippen LogP contribution in [-0.4, -0.2) is 23.2 Å². The van der Waals surface area contributed by atoms with Gasteiger partial charge in [0.2, 0.25) is 5.88 Å². The van der Waals surface area contributed by atoms with Crippen LogP contribution in [0.3, 0.4) is 0 Å². The summed E-state index contributed by atoms with van der Waals surface area (Å²) in [6, 6.07) is 11.8. The number of carboxylic acids is 1. The third-order valence-corrected chi connectivity index (χ3v) is 3.96. The lowest BCUT2D eigenvalue weighted by molar-refractivity contribution is -0.137. The minimum absolute atomic E-state index is 0.0787. The number of aliphatic carboxylic acids is 1. The smallest absolute Gasteiger partial charge is 0.303 e. The molecular weight excluding hydrogens is 306 g/mol. The van der Waals surface area contributed by atoms with Gasteiger partial charge in [-0.1, -0.05) is 37.3 Å². The Bertz CT molecular complexity index is 658. The highest BCUT2D eigenvalue weighted by Gasteiger charge is 2.20. The van der Waals surface area contributed by atoms with Crippen LogP contribution in [0.1, 0.15) is 42.4 Å². The van der Waals surface area contributed by atoms with Gasteiger partial charge in [-0.15, -0.1) is 0 Å². The molecule has 1 aromatic heterocycles. The number of benzene rings is 1. The van der Waals surface area contributed by atoms with Crippen LogP contribution >= 0.6 is 0 Å². The zero-order chi connectivity index (χ0) is 17.4. The Morgan fingerprint density at radius 1 is 1.21 bits per heavy atom. The molecule has 0 spiro atoms. The summed E-state index contributed by atoms with van der Waals surface area (Å²) in [6.07, 6.45) is 2.46. The standard InChI is InChI=1S/C19H23NO4/c1-3-15(11-18(21)22)16-9-10-20-19(23-2)17(16)13-24-12-14-7-5-4-6-8-14/h4-10,15H,3,11-13H2,1-2H3,(H,21,22)/t15-/m0/s1. The van der Waals surface area contributed by atoms with Gasteiger partial charge in [-0.2, -0.15) is 0 Å². The third kappa shape index (κ3) is 4.80. The molecule has 0 amide bonds. The maximum atomic E-state index is 11.1. The van der Waals surface area contributed by atoms with Gasteiger partial charge in [0.1, 0.15) is 0 Å². The first-order valence-electron chi connectivity index (χ1n) is 8.00. The predicted molar refractivity (Wildman–Crippen MR) is 91.0 cm³/mol. The molecule has 0 radical (unpaired) electrons. The van der Waals surface area contributed by atoms with Crippen LogP contribution in [-0.2, 0) is 22.7 Å². The van der Waals surface area contributed by atoms with Crippen LogP contribution in [0.15, 0.2) is 42.6 Å². The molecule has 0 unspecified atom stereocenters. The SMILES string of the molecule is CC[C@@H](CC(=O)O)c1ccnc(OC)c1COCc1ccccc1. The fourth-order valence-electron chi connectivity index (χ4n) is 2.72. The van der Waals surface area contributed by atoms with Crippen LogP contribution in [0.25, 0.3) is 0 Å². The van der Waals surface area contributed by atoms with E-state index in [1.54, 1.807) is 13.3 Å². The van der Waals surface area contributed by atoms with E-state index in [2.05, 4.69) is 4.98 Å². The van der Waals surface area contributed by atoms with Gasteiger partial charge in [-0.25, -0.2) is 4.98 Å². The third-order valence-electron chi connectivity index (χ3n) is 3.96. The maximum absolute atomic E-state index is 11.1. The normalized spacial score (nSPS) is 11.9. The van der Waals surface area contributed by atoms with E-state index >= 15 is 0 Å². The van der Waals surface area contributed by atoms with E-state index in [-0.39, 0.29) is 12.3 Å². The van der Waals surface area contributed by atoms with Crippen molar-refractivity contribution in [2.24, 2.45) is 0 Å². The summed E-state index contributed by atoms with van der Waals surface area (Å²) >= 11 is 0. The van der Waals surface area contributed by atoms with Crippen LogP contribution in [0.4, 0.5) is 0 Å². The van der Waals surface area contributed by atoms with E-state index < -0.39 is 5.97 Å². The second-order valence-electron chi connectivity index (χ2n) is 5.57. The van der Waals surface area contributed by atoms with Crippen LogP contribution in [0, 0.1) is 0 Å². The lowest BCUT2D eigenvalue weighted by atomic mass is 9.90. The predicted octanol–water partition coefficient (Wildman–Crippen LogP) is 3.78. The van der Waals surface area contributed by atoms with Gasteiger partial charge < -0.3 is 14.6 Å². The molecule has 1 atom stereocenters. The molecule has 5 nitrogen and oxygen atoms in total. The van der Waals surface area contributed by atoms with Gasteiger partial charge in [-0.3, -0.25) is 4.79 Å². The molecule has 0 fully saturated rings. The number of aromatic nitrogens is 1. The molecule has 0 bridgehead atoms. The number of methoxy groups -OCH3 is 1. The Morgan fingerprint density at radius 3 is 2.58 bits per heavy atom. The van der Waals surface area contributed by atoms with Crippen molar-refractivity contribution in [3.05, 3.63) is 59.3 Å². The quantitative estimate of drug-likeness (QED) is 0.758. The molecule has 24 heavy (non-hydrogen) atoms. The van der Waals surface area contributed by atoms with Gasteiger partial charge in [-0.05, 0) is 29.5 Å². The van der Waals surface area contributed by atoms with Gasteiger partial charge >= 0.3 is 5.97 Å². The zero-order valence-corrected chi connectivity index (χ0v) is 14.1. The highest BCUT2D eigenvalue weighted by atomic mass is 16.5. The van der Waals surface area contributed by atoms with Gasteiger partial charge in [0.25, 0.3) is 0 Å². The molecule has 0 aliphatic heterocycles. The summed E-state index contributed by atoms with van der Waals surface area (Å²) in [4.78, 5) is 15.4. The topological polar surface area (TPSA) is 68.7 Å². The Labute approximate surface area is 142 Å². The molecular formula is C19H23NO4. The number of hydrogen-bond acceptors (Lipinski definition) is 4. The number of carbonyl (C=O) groups is 1. The van der Waals surface area contributed by atoms with E-state index in [0.717, 1.165) is 23.1 Å². The second-order valence-corrected chi connectivity index (χ2v) is 5.57. The molecule has 2 aromatic rings. The minimum Gasteiger partial charge on any atom is -0.481 e. The molecule has 0 aliphatic rings. The molecule has 1 N–H and O–H groups in total. The highest BCUT2D eigenvalue weighted by Crippen LogP contribution is 2.31. The first kappa shape index (κ1) is 17.9. The van der Waals surface area contributed by atoms with E-state index in [4.69, 9.17) is 14.6 Å². The van der Waals surface area contributed by atoms with E-state index in [9.17, 15) is 4.79 Å². The average molecular weight is 329 g/mol. The van der Waals surface area contributed by atoms with Crippen molar-refractivity contribution in [3.63, 3.8) is 0 Å². The fraction of sp³-hybridized carbons (Fsp3) is 0.368. The summed E-state index contributed by atoms with van der Waals surface area (Å²) in [6.45, 7) is 2.79. The van der Waals surface area contributed by atoms with E-state index in [0.29, 0.717) is 19.1 Å². The first-order valence-corrected chi connectivity index (χ1v) is 8.00.